The summed E-state index contributed by atoms with van der Waals surface area (Å²) >= 11 is 1.71. The third kappa shape index (κ3) is 2.79. The first-order chi connectivity index (χ1) is 13.7. The van der Waals surface area contributed by atoms with Crippen molar-refractivity contribution in [2.24, 2.45) is 0 Å². The first-order valence-corrected chi connectivity index (χ1v) is 10.7. The van der Waals surface area contributed by atoms with E-state index in [4.69, 9.17) is 9.47 Å². The van der Waals surface area contributed by atoms with Crippen LogP contribution >= 0.6 is 11.3 Å². The summed E-state index contributed by atoms with van der Waals surface area (Å²) in [5.41, 5.74) is 4.53. The first-order valence-electron chi connectivity index (χ1n) is 9.84. The number of nitrogens with one attached hydrogen (secondary N) is 1. The lowest BCUT2D eigenvalue weighted by Gasteiger charge is -2.46. The second-order valence-corrected chi connectivity index (χ2v) is 9.18. The topological polar surface area (TPSA) is 56.3 Å². The molecule has 1 saturated carbocycles. The van der Waals surface area contributed by atoms with E-state index < -0.39 is 0 Å². The molecule has 0 amide bonds. The van der Waals surface area contributed by atoms with Crippen molar-refractivity contribution in [1.29, 1.82) is 0 Å². The highest BCUT2D eigenvalue weighted by Gasteiger charge is 2.38. The highest BCUT2D eigenvalue weighted by molar-refractivity contribution is 7.14. The highest BCUT2D eigenvalue weighted by Crippen LogP contribution is 2.40. The van der Waals surface area contributed by atoms with E-state index in [2.05, 4.69) is 46.5 Å². The van der Waals surface area contributed by atoms with Gasteiger partial charge in [0.2, 0.25) is 11.8 Å². The normalized spacial score (nSPS) is 24.5. The molecule has 1 aromatic carbocycles. The number of nitrogens with zero attached hydrogens (tertiary/aromatic N) is 2. The summed E-state index contributed by atoms with van der Waals surface area (Å²) in [6.07, 6.45) is 5.61. The molecular weight excluding hydrogens is 370 g/mol. The van der Waals surface area contributed by atoms with E-state index in [0.717, 1.165) is 29.0 Å². The lowest BCUT2D eigenvalue weighted by Crippen LogP contribution is -2.60. The monoisotopic (exact) mass is 391 g/mol. The fraction of sp³-hybridized carbons (Fsp3) is 0.364. The molecule has 3 aliphatic heterocycles. The molecule has 4 aliphatic rings. The molecule has 3 fully saturated rings. The van der Waals surface area contributed by atoms with Crippen LogP contribution in [0.5, 0.6) is 11.8 Å². The average molecular weight is 391 g/mol. The number of ether oxygens (including phenoxy) is 2. The minimum atomic E-state index is 0.260. The molecule has 5 nitrogen and oxygen atoms in total. The molecule has 28 heavy (non-hydrogen) atoms. The van der Waals surface area contributed by atoms with Crippen molar-refractivity contribution in [3.8, 4) is 33.5 Å². The molecule has 2 bridgehead atoms. The van der Waals surface area contributed by atoms with Crippen molar-refractivity contribution >= 4 is 11.3 Å². The Bertz CT molecular complexity index is 1050. The van der Waals surface area contributed by atoms with Crippen LogP contribution in [0.2, 0.25) is 0 Å². The fourth-order valence-corrected chi connectivity index (χ4v) is 5.29. The highest BCUT2D eigenvalue weighted by atomic mass is 32.1. The molecule has 7 rings (SSSR count). The van der Waals surface area contributed by atoms with Gasteiger partial charge in [-0.2, -0.15) is 4.98 Å². The van der Waals surface area contributed by atoms with Crippen LogP contribution in [0.1, 0.15) is 29.7 Å². The Kier molecular flexibility index (Phi) is 3.71. The Hall–Kier alpha value is -2.44. The Labute approximate surface area is 167 Å². The second-order valence-electron chi connectivity index (χ2n) is 7.95. The van der Waals surface area contributed by atoms with E-state index in [1.807, 2.05) is 12.3 Å². The maximum absolute atomic E-state index is 6.15. The molecule has 5 heterocycles. The van der Waals surface area contributed by atoms with Gasteiger partial charge in [0.25, 0.3) is 0 Å². The van der Waals surface area contributed by atoms with Crippen molar-refractivity contribution in [3.63, 3.8) is 0 Å². The lowest BCUT2D eigenvalue weighted by molar-refractivity contribution is 0.0521. The van der Waals surface area contributed by atoms with Crippen molar-refractivity contribution in [2.45, 2.75) is 51.0 Å². The minimum Gasteiger partial charge on any atom is -0.474 e. The average Bonchev–Trinajstić information content (AvgIpc) is 3.13. The van der Waals surface area contributed by atoms with E-state index in [-0.39, 0.29) is 6.10 Å². The third-order valence-corrected chi connectivity index (χ3v) is 6.85. The van der Waals surface area contributed by atoms with Gasteiger partial charge in [-0.1, -0.05) is 12.1 Å². The Balaban J connectivity index is 1.27. The zero-order valence-electron chi connectivity index (χ0n) is 15.6. The number of aryl methyl sites for hydroxylation is 1. The van der Waals surface area contributed by atoms with Gasteiger partial charge in [0.15, 0.2) is 0 Å². The predicted octanol–water partition coefficient (Wildman–Crippen LogP) is 4.34. The van der Waals surface area contributed by atoms with Gasteiger partial charge in [0.1, 0.15) is 17.7 Å². The van der Waals surface area contributed by atoms with Gasteiger partial charge in [-0.3, -0.25) is 0 Å². The SMILES string of the molecule is Cc1cnc(-c2ccc3c(c2)COc2nc(OC4C[C@@H]5C[C@H](C4)N5)ccc2-3)s1. The molecule has 0 spiro atoms. The Morgan fingerprint density at radius 3 is 2.71 bits per heavy atom. The predicted molar refractivity (Wildman–Crippen MR) is 109 cm³/mol. The second kappa shape index (κ2) is 6.29. The number of piperidine rings is 1. The number of fused-ring (bicyclic) bond motifs is 5. The number of hydrogen-bond donors (Lipinski definition) is 1. The summed E-state index contributed by atoms with van der Waals surface area (Å²) in [5.74, 6) is 1.34. The summed E-state index contributed by atoms with van der Waals surface area (Å²) in [4.78, 5) is 10.4. The molecular formula is C22H21N3O2S. The number of hydrogen-bond acceptors (Lipinski definition) is 6. The maximum atomic E-state index is 6.15. The van der Waals surface area contributed by atoms with Crippen LogP contribution in [-0.2, 0) is 6.61 Å². The zero-order valence-corrected chi connectivity index (χ0v) is 16.5. The van der Waals surface area contributed by atoms with E-state index in [1.165, 1.54) is 22.4 Å². The first kappa shape index (κ1) is 16.5. The number of thiazole rings is 1. The van der Waals surface area contributed by atoms with Gasteiger partial charge in [0.05, 0.1) is 0 Å². The summed E-state index contributed by atoms with van der Waals surface area (Å²) < 4.78 is 12.1. The van der Waals surface area contributed by atoms with Gasteiger partial charge in [-0.25, -0.2) is 4.98 Å². The van der Waals surface area contributed by atoms with Gasteiger partial charge in [-0.05, 0) is 49.4 Å². The molecule has 1 aliphatic carbocycles. The molecule has 2 aromatic heterocycles. The summed E-state index contributed by atoms with van der Waals surface area (Å²) in [7, 11) is 0. The largest absolute Gasteiger partial charge is 0.474 e. The van der Waals surface area contributed by atoms with E-state index in [1.54, 1.807) is 11.3 Å². The van der Waals surface area contributed by atoms with Crippen molar-refractivity contribution in [2.75, 3.05) is 0 Å². The molecule has 3 atom stereocenters. The fourth-order valence-electron chi connectivity index (χ4n) is 4.53. The van der Waals surface area contributed by atoms with Crippen LogP contribution in [-0.4, -0.2) is 28.2 Å². The Morgan fingerprint density at radius 2 is 1.93 bits per heavy atom. The van der Waals surface area contributed by atoms with E-state index in [9.17, 15) is 0 Å². The third-order valence-electron chi connectivity index (χ3n) is 5.89. The van der Waals surface area contributed by atoms with Crippen LogP contribution in [0.15, 0.2) is 36.5 Å². The smallest absolute Gasteiger partial charge is 0.225 e. The number of pyridine rings is 1. The molecule has 142 valence electrons. The number of benzene rings is 1. The Morgan fingerprint density at radius 1 is 1.11 bits per heavy atom. The van der Waals surface area contributed by atoms with E-state index in [0.29, 0.717) is 30.5 Å². The number of rotatable bonds is 3. The standard InChI is InChI=1S/C22H21N3O2S/c1-12-10-23-22(28-12)13-2-3-18-14(6-13)11-26-21-19(18)4-5-20(25-21)27-17-8-15-7-16(9-17)24-15/h2-6,10,15-17,24H,7-9,11H2,1H3/t15-,16+,17?. The molecule has 3 aromatic rings. The van der Waals surface area contributed by atoms with Gasteiger partial charge < -0.3 is 14.8 Å². The van der Waals surface area contributed by atoms with Crippen LogP contribution in [0.25, 0.3) is 21.7 Å². The van der Waals surface area contributed by atoms with Gasteiger partial charge in [-0.15, -0.1) is 11.3 Å². The molecule has 1 unspecified atom stereocenters. The van der Waals surface area contributed by atoms with Crippen LogP contribution in [0.3, 0.4) is 0 Å². The minimum absolute atomic E-state index is 0.260. The summed E-state index contributed by atoms with van der Waals surface area (Å²) in [6.45, 7) is 2.60. The summed E-state index contributed by atoms with van der Waals surface area (Å²) in [6, 6.07) is 11.8. The van der Waals surface area contributed by atoms with Gasteiger partial charge >= 0.3 is 0 Å². The van der Waals surface area contributed by atoms with Crippen LogP contribution in [0, 0.1) is 6.92 Å². The molecule has 0 radical (unpaired) electrons. The molecule has 1 N–H and O–H groups in total. The lowest BCUT2D eigenvalue weighted by atomic mass is 9.81. The molecule has 6 heteroatoms. The van der Waals surface area contributed by atoms with E-state index >= 15 is 0 Å². The van der Waals surface area contributed by atoms with Crippen molar-refractivity contribution in [3.05, 3.63) is 47.0 Å². The van der Waals surface area contributed by atoms with Crippen molar-refractivity contribution < 1.29 is 9.47 Å². The van der Waals surface area contributed by atoms with Gasteiger partial charge in [0, 0.05) is 40.4 Å². The quantitative estimate of drug-likeness (QED) is 0.720. The number of aromatic nitrogens is 2. The van der Waals surface area contributed by atoms with Crippen LogP contribution < -0.4 is 14.8 Å². The zero-order chi connectivity index (χ0) is 18.7. The molecule has 2 saturated heterocycles. The van der Waals surface area contributed by atoms with Crippen molar-refractivity contribution in [1.82, 2.24) is 15.3 Å². The van der Waals surface area contributed by atoms with Crippen LogP contribution in [0.4, 0.5) is 0 Å². The summed E-state index contributed by atoms with van der Waals surface area (Å²) in [5, 5.41) is 4.59. The maximum Gasteiger partial charge on any atom is 0.225 e.